The highest BCUT2D eigenvalue weighted by molar-refractivity contribution is 6.07. The van der Waals surface area contributed by atoms with Crippen LogP contribution in [0.5, 0.6) is 5.75 Å². The summed E-state index contributed by atoms with van der Waals surface area (Å²) in [5, 5.41) is 0. The number of carbonyl (C=O) groups excluding carboxylic acids is 1. The summed E-state index contributed by atoms with van der Waals surface area (Å²) in [6.07, 6.45) is 3.05. The number of hydrogen-bond donors (Lipinski definition) is 0. The Labute approximate surface area is 114 Å². The van der Waals surface area contributed by atoms with Gasteiger partial charge in [0.1, 0.15) is 24.0 Å². The zero-order chi connectivity index (χ0) is 14.1. The first kappa shape index (κ1) is 12.5. The highest BCUT2D eigenvalue weighted by atomic mass is 19.1. The summed E-state index contributed by atoms with van der Waals surface area (Å²) in [4.78, 5) is 11.9. The van der Waals surface area contributed by atoms with Crippen molar-refractivity contribution in [3.05, 3.63) is 65.7 Å². The molecule has 4 heteroatoms. The number of halogens is 2. The van der Waals surface area contributed by atoms with E-state index in [-0.39, 0.29) is 11.3 Å². The minimum Gasteiger partial charge on any atom is -0.489 e. The maximum Gasteiger partial charge on any atom is 0.189 e. The first-order valence-electron chi connectivity index (χ1n) is 6.08. The van der Waals surface area contributed by atoms with E-state index in [2.05, 4.69) is 0 Å². The third-order valence-corrected chi connectivity index (χ3v) is 3.09. The molecule has 1 aliphatic heterocycles. The molecule has 2 nitrogen and oxygen atoms in total. The van der Waals surface area contributed by atoms with Gasteiger partial charge in [0.15, 0.2) is 5.78 Å². The van der Waals surface area contributed by atoms with Crippen molar-refractivity contribution in [3.63, 3.8) is 0 Å². The number of fused-ring (bicyclic) bond motifs is 1. The molecule has 0 radical (unpaired) electrons. The van der Waals surface area contributed by atoms with Gasteiger partial charge >= 0.3 is 0 Å². The van der Waals surface area contributed by atoms with Crippen molar-refractivity contribution in [1.29, 1.82) is 0 Å². The van der Waals surface area contributed by atoms with Crippen LogP contribution in [-0.2, 0) is 0 Å². The Balaban J connectivity index is 2.12. The second-order valence-electron chi connectivity index (χ2n) is 4.41. The van der Waals surface area contributed by atoms with Crippen LogP contribution in [-0.4, -0.2) is 12.4 Å². The first-order valence-corrected chi connectivity index (χ1v) is 6.08. The predicted molar refractivity (Wildman–Crippen MR) is 70.8 cm³/mol. The van der Waals surface area contributed by atoms with Crippen LogP contribution < -0.4 is 4.74 Å². The summed E-state index contributed by atoms with van der Waals surface area (Å²) in [5.74, 6) is -1.03. The van der Waals surface area contributed by atoms with E-state index in [1.54, 1.807) is 24.3 Å². The molecule has 0 spiro atoms. The van der Waals surface area contributed by atoms with Gasteiger partial charge in [-0.25, -0.2) is 8.78 Å². The Morgan fingerprint density at radius 2 is 1.85 bits per heavy atom. The summed E-state index contributed by atoms with van der Waals surface area (Å²) in [5.41, 5.74) is 1.13. The van der Waals surface area contributed by atoms with Crippen LogP contribution in [0.4, 0.5) is 8.78 Å². The number of allylic oxidation sites excluding steroid dienone is 1. The van der Waals surface area contributed by atoms with E-state index in [1.807, 2.05) is 0 Å². The van der Waals surface area contributed by atoms with Gasteiger partial charge in [0, 0.05) is 11.6 Å². The van der Waals surface area contributed by atoms with Gasteiger partial charge in [-0.3, -0.25) is 4.79 Å². The van der Waals surface area contributed by atoms with Gasteiger partial charge in [0.25, 0.3) is 0 Å². The second kappa shape index (κ2) is 4.89. The van der Waals surface area contributed by atoms with Crippen LogP contribution >= 0.6 is 0 Å². The van der Waals surface area contributed by atoms with Crippen molar-refractivity contribution < 1.29 is 18.3 Å². The van der Waals surface area contributed by atoms with Crippen LogP contribution in [0.3, 0.4) is 0 Å². The monoisotopic (exact) mass is 272 g/mol. The van der Waals surface area contributed by atoms with E-state index in [0.717, 1.165) is 6.07 Å². The molecule has 0 saturated carbocycles. The molecule has 0 saturated heterocycles. The Morgan fingerprint density at radius 1 is 1.00 bits per heavy atom. The lowest BCUT2D eigenvalue weighted by Gasteiger charge is -2.09. The zero-order valence-electron chi connectivity index (χ0n) is 10.4. The number of benzene rings is 2. The molecular formula is C16H10F2O2. The van der Waals surface area contributed by atoms with Gasteiger partial charge < -0.3 is 4.74 Å². The smallest absolute Gasteiger partial charge is 0.189 e. The molecule has 0 bridgehead atoms. The van der Waals surface area contributed by atoms with E-state index in [9.17, 15) is 13.6 Å². The minimum atomic E-state index is -0.664. The van der Waals surface area contributed by atoms with Crippen LogP contribution in [0.2, 0.25) is 0 Å². The van der Waals surface area contributed by atoms with E-state index in [4.69, 9.17) is 4.74 Å². The minimum absolute atomic E-state index is 0.193. The molecule has 0 aliphatic carbocycles. The molecule has 1 aliphatic rings. The number of hydrogen-bond acceptors (Lipinski definition) is 2. The lowest BCUT2D eigenvalue weighted by atomic mass is 10.00. The average Bonchev–Trinajstić information content (AvgIpc) is 2.61. The van der Waals surface area contributed by atoms with Crippen molar-refractivity contribution in [2.75, 3.05) is 6.61 Å². The standard InChI is InChI=1S/C16H10F2O2/c17-11-4-5-12(14(18)9-11)10-3-6-16-13(8-10)15(19)2-1-7-20-16/h1-6,8-9H,7H2. The molecule has 0 amide bonds. The van der Waals surface area contributed by atoms with Crippen molar-refractivity contribution in [2.24, 2.45) is 0 Å². The fourth-order valence-corrected chi connectivity index (χ4v) is 2.12. The first-order chi connectivity index (χ1) is 9.65. The van der Waals surface area contributed by atoms with Crippen LogP contribution in [0, 0.1) is 11.6 Å². The molecule has 2 aromatic carbocycles. The fourth-order valence-electron chi connectivity index (χ4n) is 2.12. The Kier molecular flexibility index (Phi) is 3.06. The SMILES string of the molecule is O=C1C=CCOc2ccc(-c3ccc(F)cc3F)cc21. The van der Waals surface area contributed by atoms with Gasteiger partial charge in [0.05, 0.1) is 5.56 Å². The van der Waals surface area contributed by atoms with E-state index in [0.29, 0.717) is 23.5 Å². The average molecular weight is 272 g/mol. The third kappa shape index (κ3) is 2.20. The highest BCUT2D eigenvalue weighted by Crippen LogP contribution is 2.30. The quantitative estimate of drug-likeness (QED) is 0.790. The summed E-state index contributed by atoms with van der Waals surface area (Å²) < 4.78 is 32.1. The van der Waals surface area contributed by atoms with Crippen LogP contribution in [0.15, 0.2) is 48.6 Å². The van der Waals surface area contributed by atoms with Crippen molar-refractivity contribution in [2.45, 2.75) is 0 Å². The molecular weight excluding hydrogens is 262 g/mol. The summed E-state index contributed by atoms with van der Waals surface area (Å²) >= 11 is 0. The molecule has 0 N–H and O–H groups in total. The predicted octanol–water partition coefficient (Wildman–Crippen LogP) is 3.76. The van der Waals surface area contributed by atoms with Gasteiger partial charge in [-0.1, -0.05) is 6.07 Å². The van der Waals surface area contributed by atoms with Crippen LogP contribution in [0.1, 0.15) is 10.4 Å². The molecule has 1 heterocycles. The topological polar surface area (TPSA) is 26.3 Å². The highest BCUT2D eigenvalue weighted by Gasteiger charge is 2.15. The van der Waals surface area contributed by atoms with E-state index in [1.165, 1.54) is 18.2 Å². The maximum atomic E-state index is 13.8. The maximum absolute atomic E-state index is 13.8. The van der Waals surface area contributed by atoms with Crippen molar-refractivity contribution in [1.82, 2.24) is 0 Å². The number of ether oxygens (including phenoxy) is 1. The Hall–Kier alpha value is -2.49. The number of rotatable bonds is 1. The largest absolute Gasteiger partial charge is 0.489 e. The third-order valence-electron chi connectivity index (χ3n) is 3.09. The molecule has 2 aromatic rings. The molecule has 0 unspecified atom stereocenters. The van der Waals surface area contributed by atoms with Gasteiger partial charge in [-0.05, 0) is 42.0 Å². The van der Waals surface area contributed by atoms with Crippen LogP contribution in [0.25, 0.3) is 11.1 Å². The number of carbonyl (C=O) groups is 1. The van der Waals surface area contributed by atoms with E-state index < -0.39 is 11.6 Å². The lowest BCUT2D eigenvalue weighted by molar-refractivity contribution is 0.104. The van der Waals surface area contributed by atoms with Gasteiger partial charge in [-0.15, -0.1) is 0 Å². The molecule has 0 atom stereocenters. The van der Waals surface area contributed by atoms with Crippen molar-refractivity contribution in [3.8, 4) is 16.9 Å². The summed E-state index contributed by atoms with van der Waals surface area (Å²) in [7, 11) is 0. The van der Waals surface area contributed by atoms with E-state index >= 15 is 0 Å². The Morgan fingerprint density at radius 3 is 2.65 bits per heavy atom. The number of ketones is 1. The van der Waals surface area contributed by atoms with Gasteiger partial charge in [-0.2, -0.15) is 0 Å². The zero-order valence-corrected chi connectivity index (χ0v) is 10.4. The van der Waals surface area contributed by atoms with Gasteiger partial charge in [0.2, 0.25) is 0 Å². The molecule has 0 aromatic heterocycles. The molecule has 0 fully saturated rings. The van der Waals surface area contributed by atoms with Crippen molar-refractivity contribution >= 4 is 5.78 Å². The summed E-state index contributed by atoms with van der Waals surface area (Å²) in [6.45, 7) is 0.322. The molecule has 100 valence electrons. The Bertz CT molecular complexity index is 720. The fraction of sp³-hybridized carbons (Fsp3) is 0.0625. The molecule has 20 heavy (non-hydrogen) atoms. The second-order valence-corrected chi connectivity index (χ2v) is 4.41. The lowest BCUT2D eigenvalue weighted by Crippen LogP contribution is -1.98. The normalized spacial score (nSPS) is 13.6. The summed E-state index contributed by atoms with van der Waals surface area (Å²) in [6, 6.07) is 8.18. The molecule has 3 rings (SSSR count).